The maximum absolute atomic E-state index is 5.80. The molecule has 1 aliphatic heterocycles. The van der Waals surface area contributed by atoms with Crippen LogP contribution in [-0.2, 0) is 9.47 Å². The lowest BCUT2D eigenvalue weighted by atomic mass is 10.1. The molecule has 2 rings (SSSR count). The summed E-state index contributed by atoms with van der Waals surface area (Å²) in [5.74, 6) is 0.752. The van der Waals surface area contributed by atoms with Gasteiger partial charge in [-0.15, -0.1) is 0 Å². The number of methoxy groups -OCH3 is 1. The van der Waals surface area contributed by atoms with E-state index in [4.69, 9.17) is 9.47 Å². The first-order valence-corrected chi connectivity index (χ1v) is 6.96. The molecule has 0 aromatic carbocycles. The molecular formula is C14H27NO2. The second kappa shape index (κ2) is 5.68. The molecule has 0 radical (unpaired) electrons. The van der Waals surface area contributed by atoms with Gasteiger partial charge in [0.25, 0.3) is 0 Å². The van der Waals surface area contributed by atoms with Crippen LogP contribution in [0.15, 0.2) is 0 Å². The van der Waals surface area contributed by atoms with E-state index in [0.717, 1.165) is 19.1 Å². The van der Waals surface area contributed by atoms with Crippen molar-refractivity contribution < 1.29 is 9.47 Å². The van der Waals surface area contributed by atoms with Crippen LogP contribution in [0.2, 0.25) is 0 Å². The van der Waals surface area contributed by atoms with E-state index in [9.17, 15) is 0 Å². The predicted molar refractivity (Wildman–Crippen MR) is 69.2 cm³/mol. The number of rotatable bonds is 7. The van der Waals surface area contributed by atoms with Crippen LogP contribution in [0.1, 0.15) is 33.1 Å². The van der Waals surface area contributed by atoms with Gasteiger partial charge in [0, 0.05) is 25.6 Å². The Kier molecular flexibility index (Phi) is 4.45. The van der Waals surface area contributed by atoms with E-state index in [2.05, 4.69) is 18.7 Å². The Hall–Kier alpha value is -0.120. The number of ether oxygens (including phenoxy) is 2. The lowest BCUT2D eigenvalue weighted by Gasteiger charge is -2.24. The summed E-state index contributed by atoms with van der Waals surface area (Å²) in [4.78, 5) is 2.61. The Bertz CT molecular complexity index is 238. The average molecular weight is 241 g/mol. The summed E-state index contributed by atoms with van der Waals surface area (Å²) in [6.45, 7) is 9.83. The maximum atomic E-state index is 5.80. The van der Waals surface area contributed by atoms with Gasteiger partial charge < -0.3 is 14.4 Å². The smallest absolute Gasteiger partial charge is 0.0538 e. The minimum atomic E-state index is 0.368. The third-order valence-electron chi connectivity index (χ3n) is 4.01. The summed E-state index contributed by atoms with van der Waals surface area (Å²) in [7, 11) is 1.81. The van der Waals surface area contributed by atoms with E-state index >= 15 is 0 Å². The predicted octanol–water partition coefficient (Wildman–Crippen LogP) is 2.16. The zero-order chi connectivity index (χ0) is 12.3. The van der Waals surface area contributed by atoms with E-state index in [-0.39, 0.29) is 0 Å². The first-order chi connectivity index (χ1) is 8.13. The molecule has 17 heavy (non-hydrogen) atoms. The van der Waals surface area contributed by atoms with Gasteiger partial charge in [-0.05, 0) is 45.6 Å². The van der Waals surface area contributed by atoms with Gasteiger partial charge in [-0.1, -0.05) is 0 Å². The molecule has 2 aliphatic rings. The Morgan fingerprint density at radius 3 is 2.71 bits per heavy atom. The molecule has 100 valence electrons. The lowest BCUT2D eigenvalue weighted by molar-refractivity contribution is 0.0327. The van der Waals surface area contributed by atoms with Crippen molar-refractivity contribution in [1.82, 2.24) is 4.90 Å². The summed E-state index contributed by atoms with van der Waals surface area (Å²) >= 11 is 0. The van der Waals surface area contributed by atoms with Crippen molar-refractivity contribution in [3.63, 3.8) is 0 Å². The lowest BCUT2D eigenvalue weighted by Crippen LogP contribution is -2.32. The van der Waals surface area contributed by atoms with E-state index in [1.54, 1.807) is 0 Å². The highest BCUT2D eigenvalue weighted by molar-refractivity contribution is 4.96. The van der Waals surface area contributed by atoms with Crippen LogP contribution in [0.4, 0.5) is 0 Å². The molecule has 0 N–H and O–H groups in total. The molecule has 0 unspecified atom stereocenters. The normalized spacial score (nSPS) is 27.9. The fourth-order valence-electron chi connectivity index (χ4n) is 2.77. The monoisotopic (exact) mass is 241 g/mol. The third kappa shape index (κ3) is 3.94. The summed E-state index contributed by atoms with van der Waals surface area (Å²) in [5.41, 5.74) is 0.492. The van der Waals surface area contributed by atoms with Crippen LogP contribution in [0.3, 0.4) is 0 Å². The van der Waals surface area contributed by atoms with Gasteiger partial charge in [0.2, 0.25) is 0 Å². The highest BCUT2D eigenvalue weighted by Crippen LogP contribution is 2.47. The maximum Gasteiger partial charge on any atom is 0.0538 e. The molecule has 1 atom stereocenters. The van der Waals surface area contributed by atoms with Crippen molar-refractivity contribution >= 4 is 0 Å². The van der Waals surface area contributed by atoms with Gasteiger partial charge in [-0.25, -0.2) is 0 Å². The van der Waals surface area contributed by atoms with Crippen molar-refractivity contribution in [2.75, 3.05) is 40.0 Å². The zero-order valence-electron chi connectivity index (χ0n) is 11.6. The molecule has 0 amide bonds. The van der Waals surface area contributed by atoms with Gasteiger partial charge in [0.15, 0.2) is 0 Å². The van der Waals surface area contributed by atoms with Crippen LogP contribution in [0.25, 0.3) is 0 Å². The quantitative estimate of drug-likeness (QED) is 0.682. The molecule has 1 saturated heterocycles. The van der Waals surface area contributed by atoms with Crippen LogP contribution >= 0.6 is 0 Å². The summed E-state index contributed by atoms with van der Waals surface area (Å²) in [5, 5.41) is 0. The fraction of sp³-hybridized carbons (Fsp3) is 1.00. The van der Waals surface area contributed by atoms with Crippen LogP contribution < -0.4 is 0 Å². The van der Waals surface area contributed by atoms with Crippen LogP contribution in [0, 0.1) is 11.3 Å². The van der Waals surface area contributed by atoms with E-state index in [0.29, 0.717) is 11.5 Å². The summed E-state index contributed by atoms with van der Waals surface area (Å²) < 4.78 is 11.0. The minimum absolute atomic E-state index is 0.368. The molecule has 0 spiro atoms. The fourth-order valence-corrected chi connectivity index (χ4v) is 2.77. The Morgan fingerprint density at radius 2 is 2.12 bits per heavy atom. The number of hydrogen-bond donors (Lipinski definition) is 0. The topological polar surface area (TPSA) is 21.7 Å². The molecular weight excluding hydrogens is 214 g/mol. The highest BCUT2D eigenvalue weighted by atomic mass is 16.5. The summed E-state index contributed by atoms with van der Waals surface area (Å²) in [6, 6.07) is 0. The highest BCUT2D eigenvalue weighted by Gasteiger charge is 2.45. The molecule has 3 heteroatoms. The van der Waals surface area contributed by atoms with Crippen LogP contribution in [0.5, 0.6) is 0 Å². The van der Waals surface area contributed by atoms with Gasteiger partial charge >= 0.3 is 0 Å². The molecule has 1 heterocycles. The number of nitrogens with zero attached hydrogens (tertiary/aromatic N) is 1. The van der Waals surface area contributed by atoms with Crippen molar-refractivity contribution in [2.24, 2.45) is 11.3 Å². The molecule has 1 aliphatic carbocycles. The first-order valence-electron chi connectivity index (χ1n) is 6.96. The Balaban J connectivity index is 1.70. The van der Waals surface area contributed by atoms with Gasteiger partial charge in [-0.2, -0.15) is 0 Å². The second-order valence-corrected chi connectivity index (χ2v) is 6.20. The minimum Gasteiger partial charge on any atom is -0.384 e. The number of hydrogen-bond acceptors (Lipinski definition) is 3. The third-order valence-corrected chi connectivity index (χ3v) is 4.01. The van der Waals surface area contributed by atoms with Gasteiger partial charge in [0.1, 0.15) is 0 Å². The second-order valence-electron chi connectivity index (χ2n) is 6.20. The van der Waals surface area contributed by atoms with Gasteiger partial charge in [-0.3, -0.25) is 0 Å². The number of likely N-dealkylation sites (tertiary alicyclic amines) is 1. The molecule has 0 aromatic rings. The molecule has 0 bridgehead atoms. The Morgan fingerprint density at radius 1 is 1.35 bits per heavy atom. The summed E-state index contributed by atoms with van der Waals surface area (Å²) in [6.07, 6.45) is 4.37. The first kappa shape index (κ1) is 13.3. The van der Waals surface area contributed by atoms with E-state index in [1.807, 2.05) is 7.11 Å². The van der Waals surface area contributed by atoms with Crippen molar-refractivity contribution in [2.45, 2.75) is 39.2 Å². The SMILES string of the molecule is COC[C@H]1CCN(CC2(COC(C)C)CC2)C1. The van der Waals surface area contributed by atoms with Crippen molar-refractivity contribution in [3.05, 3.63) is 0 Å². The van der Waals surface area contributed by atoms with E-state index < -0.39 is 0 Å². The average Bonchev–Trinajstić information content (AvgIpc) is 2.90. The molecule has 3 nitrogen and oxygen atoms in total. The van der Waals surface area contributed by atoms with Crippen LogP contribution in [-0.4, -0.2) is 51.0 Å². The standard InChI is InChI=1S/C14H27NO2/c1-12(2)17-11-14(5-6-14)10-15-7-4-13(8-15)9-16-3/h12-13H,4-11H2,1-3H3/t13-/m0/s1. The molecule has 0 aromatic heterocycles. The van der Waals surface area contributed by atoms with Crippen molar-refractivity contribution in [3.8, 4) is 0 Å². The molecule has 2 fully saturated rings. The van der Waals surface area contributed by atoms with Gasteiger partial charge in [0.05, 0.1) is 19.3 Å². The van der Waals surface area contributed by atoms with E-state index in [1.165, 1.54) is 38.9 Å². The largest absolute Gasteiger partial charge is 0.384 e. The molecule has 1 saturated carbocycles. The Labute approximate surface area is 105 Å². The zero-order valence-corrected chi connectivity index (χ0v) is 11.6. The van der Waals surface area contributed by atoms with Crippen molar-refractivity contribution in [1.29, 1.82) is 0 Å².